The average Bonchev–Trinajstić information content (AvgIpc) is 2.47. The summed E-state index contributed by atoms with van der Waals surface area (Å²) in [6.45, 7) is 4.40. The van der Waals surface area contributed by atoms with Crippen molar-refractivity contribution in [1.82, 2.24) is 5.32 Å². The molecule has 14 heavy (non-hydrogen) atoms. The van der Waals surface area contributed by atoms with Gasteiger partial charge in [0, 0.05) is 11.0 Å². The third-order valence-corrected chi connectivity index (χ3v) is 3.11. The molecule has 0 unspecified atom stereocenters. The highest BCUT2D eigenvalue weighted by atomic mass is 79.9. The second kappa shape index (κ2) is 5.32. The molecule has 0 aliphatic rings. The molecule has 1 rings (SSSR count). The number of amides is 1. The Bertz CT molecular complexity index is 353. The summed E-state index contributed by atoms with van der Waals surface area (Å²) in [6.07, 6.45) is 1.60. The van der Waals surface area contributed by atoms with Crippen LogP contribution in [0.2, 0.25) is 0 Å². The van der Waals surface area contributed by atoms with Gasteiger partial charge in [0.25, 0.3) is 0 Å². The minimum atomic E-state index is -0.0328. The van der Waals surface area contributed by atoms with E-state index >= 15 is 0 Å². The van der Waals surface area contributed by atoms with Crippen LogP contribution in [0, 0.1) is 0 Å². The SMILES string of the molecule is CC(C)=CC(=O)NCc1ccc(Br)s1. The average molecular weight is 274 g/mol. The fraction of sp³-hybridized carbons (Fsp3) is 0.300. The van der Waals surface area contributed by atoms with E-state index in [0.717, 1.165) is 14.2 Å². The van der Waals surface area contributed by atoms with Crippen LogP contribution < -0.4 is 5.32 Å². The van der Waals surface area contributed by atoms with Crippen LogP contribution in [-0.4, -0.2) is 5.91 Å². The van der Waals surface area contributed by atoms with E-state index < -0.39 is 0 Å². The Morgan fingerprint density at radius 3 is 2.79 bits per heavy atom. The van der Waals surface area contributed by atoms with Crippen LogP contribution in [0.3, 0.4) is 0 Å². The monoisotopic (exact) mass is 273 g/mol. The van der Waals surface area contributed by atoms with Gasteiger partial charge >= 0.3 is 0 Å². The van der Waals surface area contributed by atoms with Crippen molar-refractivity contribution in [1.29, 1.82) is 0 Å². The molecular weight excluding hydrogens is 262 g/mol. The molecule has 1 aromatic heterocycles. The van der Waals surface area contributed by atoms with Gasteiger partial charge in [-0.3, -0.25) is 4.79 Å². The van der Waals surface area contributed by atoms with E-state index in [2.05, 4.69) is 21.2 Å². The van der Waals surface area contributed by atoms with Gasteiger partial charge in [-0.25, -0.2) is 0 Å². The quantitative estimate of drug-likeness (QED) is 0.843. The Hall–Kier alpha value is -0.610. The lowest BCUT2D eigenvalue weighted by atomic mass is 10.3. The molecule has 2 nitrogen and oxygen atoms in total. The summed E-state index contributed by atoms with van der Waals surface area (Å²) in [5.41, 5.74) is 1.01. The van der Waals surface area contributed by atoms with E-state index in [1.165, 1.54) is 0 Å². The predicted octanol–water partition coefficient (Wildman–Crippen LogP) is 3.09. The fourth-order valence-corrected chi connectivity index (χ4v) is 2.36. The number of thiophene rings is 1. The number of allylic oxidation sites excluding steroid dienone is 1. The Morgan fingerprint density at radius 2 is 2.29 bits per heavy atom. The molecule has 1 heterocycles. The van der Waals surface area contributed by atoms with Crippen molar-refractivity contribution < 1.29 is 4.79 Å². The van der Waals surface area contributed by atoms with Crippen molar-refractivity contribution in [3.05, 3.63) is 32.4 Å². The highest BCUT2D eigenvalue weighted by molar-refractivity contribution is 9.11. The maximum Gasteiger partial charge on any atom is 0.244 e. The van der Waals surface area contributed by atoms with Crippen LogP contribution >= 0.6 is 27.3 Å². The Labute approximate surface area is 96.2 Å². The molecule has 0 aliphatic carbocycles. The Balaban J connectivity index is 2.41. The van der Waals surface area contributed by atoms with Gasteiger partial charge in [-0.05, 0) is 41.9 Å². The predicted molar refractivity (Wildman–Crippen MR) is 63.3 cm³/mol. The summed E-state index contributed by atoms with van der Waals surface area (Å²) in [6, 6.07) is 3.98. The zero-order valence-electron chi connectivity index (χ0n) is 8.13. The number of nitrogens with one attached hydrogen (secondary N) is 1. The number of hydrogen-bond donors (Lipinski definition) is 1. The molecule has 0 spiro atoms. The molecule has 0 aliphatic heterocycles. The molecule has 0 saturated heterocycles. The molecule has 0 aromatic carbocycles. The number of carbonyl (C=O) groups is 1. The van der Waals surface area contributed by atoms with Gasteiger partial charge in [0.1, 0.15) is 0 Å². The third-order valence-electron chi connectivity index (χ3n) is 1.49. The van der Waals surface area contributed by atoms with Crippen LogP contribution in [0.25, 0.3) is 0 Å². The Morgan fingerprint density at radius 1 is 1.57 bits per heavy atom. The van der Waals surface area contributed by atoms with Gasteiger partial charge in [-0.15, -0.1) is 11.3 Å². The van der Waals surface area contributed by atoms with E-state index in [0.29, 0.717) is 6.54 Å². The van der Waals surface area contributed by atoms with Crippen molar-refractivity contribution >= 4 is 33.2 Å². The first-order valence-electron chi connectivity index (χ1n) is 4.25. The summed E-state index contributed by atoms with van der Waals surface area (Å²) in [7, 11) is 0. The van der Waals surface area contributed by atoms with Gasteiger partial charge < -0.3 is 5.32 Å². The topological polar surface area (TPSA) is 29.1 Å². The van der Waals surface area contributed by atoms with E-state index in [9.17, 15) is 4.79 Å². The first kappa shape index (κ1) is 11.5. The molecule has 1 aromatic rings. The highest BCUT2D eigenvalue weighted by Crippen LogP contribution is 2.21. The molecule has 1 amide bonds. The lowest BCUT2D eigenvalue weighted by Crippen LogP contribution is -2.19. The van der Waals surface area contributed by atoms with Gasteiger partial charge in [-0.2, -0.15) is 0 Å². The zero-order chi connectivity index (χ0) is 10.6. The largest absolute Gasteiger partial charge is 0.348 e. The van der Waals surface area contributed by atoms with Crippen LogP contribution in [-0.2, 0) is 11.3 Å². The summed E-state index contributed by atoms with van der Waals surface area (Å²) in [5, 5.41) is 2.82. The standard InChI is InChI=1S/C10H12BrNOS/c1-7(2)5-10(13)12-6-8-3-4-9(11)14-8/h3-5H,6H2,1-2H3,(H,12,13). The zero-order valence-corrected chi connectivity index (χ0v) is 10.5. The molecule has 0 fully saturated rings. The lowest BCUT2D eigenvalue weighted by molar-refractivity contribution is -0.116. The summed E-state index contributed by atoms with van der Waals surface area (Å²) in [5.74, 6) is -0.0328. The fourth-order valence-electron chi connectivity index (χ4n) is 0.934. The lowest BCUT2D eigenvalue weighted by Gasteiger charge is -1.99. The van der Waals surface area contributed by atoms with Crippen molar-refractivity contribution in [2.24, 2.45) is 0 Å². The summed E-state index contributed by atoms with van der Waals surface area (Å²) in [4.78, 5) is 12.4. The first-order valence-corrected chi connectivity index (χ1v) is 5.86. The van der Waals surface area contributed by atoms with E-state index in [1.807, 2.05) is 26.0 Å². The molecule has 0 bridgehead atoms. The van der Waals surface area contributed by atoms with Crippen LogP contribution in [0.1, 0.15) is 18.7 Å². The molecule has 1 N–H and O–H groups in total. The molecular formula is C10H12BrNOS. The maximum absolute atomic E-state index is 11.2. The minimum Gasteiger partial charge on any atom is -0.348 e. The Kier molecular flexibility index (Phi) is 4.35. The number of halogens is 1. The first-order chi connectivity index (χ1) is 6.58. The molecule has 0 atom stereocenters. The van der Waals surface area contributed by atoms with Gasteiger partial charge in [-0.1, -0.05) is 5.57 Å². The number of rotatable bonds is 3. The maximum atomic E-state index is 11.2. The van der Waals surface area contributed by atoms with Gasteiger partial charge in [0.15, 0.2) is 0 Å². The molecule has 0 radical (unpaired) electrons. The van der Waals surface area contributed by atoms with Crippen molar-refractivity contribution in [2.45, 2.75) is 20.4 Å². The third kappa shape index (κ3) is 4.07. The second-order valence-corrected chi connectivity index (χ2v) is 5.69. The van der Waals surface area contributed by atoms with E-state index in [1.54, 1.807) is 17.4 Å². The van der Waals surface area contributed by atoms with Crippen molar-refractivity contribution in [3.63, 3.8) is 0 Å². The van der Waals surface area contributed by atoms with E-state index in [4.69, 9.17) is 0 Å². The smallest absolute Gasteiger partial charge is 0.244 e. The van der Waals surface area contributed by atoms with Crippen LogP contribution in [0.5, 0.6) is 0 Å². The normalized spacial score (nSPS) is 9.64. The van der Waals surface area contributed by atoms with E-state index in [-0.39, 0.29) is 5.91 Å². The number of hydrogen-bond acceptors (Lipinski definition) is 2. The van der Waals surface area contributed by atoms with Gasteiger partial charge in [0.05, 0.1) is 10.3 Å². The minimum absolute atomic E-state index is 0.0328. The summed E-state index contributed by atoms with van der Waals surface area (Å²) >= 11 is 5.00. The van der Waals surface area contributed by atoms with Gasteiger partial charge in [0.2, 0.25) is 5.91 Å². The van der Waals surface area contributed by atoms with Crippen molar-refractivity contribution in [3.8, 4) is 0 Å². The molecule has 4 heteroatoms. The number of carbonyl (C=O) groups excluding carboxylic acids is 1. The molecule has 76 valence electrons. The van der Waals surface area contributed by atoms with Crippen LogP contribution in [0.15, 0.2) is 27.6 Å². The molecule has 0 saturated carbocycles. The second-order valence-electron chi connectivity index (χ2n) is 3.15. The van der Waals surface area contributed by atoms with Crippen molar-refractivity contribution in [2.75, 3.05) is 0 Å². The highest BCUT2D eigenvalue weighted by Gasteiger charge is 1.99. The van der Waals surface area contributed by atoms with Crippen LogP contribution in [0.4, 0.5) is 0 Å². The summed E-state index contributed by atoms with van der Waals surface area (Å²) < 4.78 is 1.09.